The van der Waals surface area contributed by atoms with Crippen molar-refractivity contribution in [3.8, 4) is 0 Å². The van der Waals surface area contributed by atoms with Crippen molar-refractivity contribution in [3.05, 3.63) is 0 Å². The topological polar surface area (TPSA) is 12.0 Å². The van der Waals surface area contributed by atoms with Crippen molar-refractivity contribution < 1.29 is 0 Å². The average molecular weight is 157 g/mol. The minimum atomic E-state index is 0.299. The first-order valence-electron chi connectivity index (χ1n) is 4.46. The number of rotatable bonds is 3. The van der Waals surface area contributed by atoms with Crippen LogP contribution in [0.3, 0.4) is 0 Å². The third-order valence-corrected chi connectivity index (χ3v) is 2.18. The summed E-state index contributed by atoms with van der Waals surface area (Å²) < 4.78 is 0. The van der Waals surface area contributed by atoms with Crippen molar-refractivity contribution >= 4 is 0 Å². The molecule has 0 spiro atoms. The van der Waals surface area contributed by atoms with Crippen LogP contribution in [-0.4, -0.2) is 12.6 Å². The molecule has 0 saturated heterocycles. The molecule has 0 aromatic heterocycles. The lowest BCUT2D eigenvalue weighted by Crippen LogP contribution is -2.36. The van der Waals surface area contributed by atoms with E-state index in [0.717, 1.165) is 0 Å². The van der Waals surface area contributed by atoms with Crippen LogP contribution in [0.1, 0.15) is 47.5 Å². The Balaban J connectivity index is 3.70. The highest BCUT2D eigenvalue weighted by Gasteiger charge is 2.18. The van der Waals surface area contributed by atoms with E-state index in [4.69, 9.17) is 0 Å². The van der Waals surface area contributed by atoms with Crippen LogP contribution in [0.25, 0.3) is 0 Å². The Kier molecular flexibility index (Phi) is 3.56. The van der Waals surface area contributed by atoms with Crippen molar-refractivity contribution in [2.24, 2.45) is 5.41 Å². The fraction of sp³-hybridized carbons (Fsp3) is 1.00. The number of hydrogen-bond donors (Lipinski definition) is 1. The summed E-state index contributed by atoms with van der Waals surface area (Å²) in [5.74, 6) is 0. The number of nitrogens with one attached hydrogen (secondary N) is 1. The van der Waals surface area contributed by atoms with Gasteiger partial charge >= 0.3 is 0 Å². The smallest absolute Gasteiger partial charge is 0.0122 e. The lowest BCUT2D eigenvalue weighted by Gasteiger charge is -2.28. The summed E-state index contributed by atoms with van der Waals surface area (Å²) in [6, 6.07) is 0. The molecule has 0 atom stereocenters. The van der Waals surface area contributed by atoms with E-state index in [9.17, 15) is 0 Å². The van der Waals surface area contributed by atoms with E-state index in [1.807, 2.05) is 7.05 Å². The summed E-state index contributed by atoms with van der Waals surface area (Å²) in [5.41, 5.74) is 0.765. The molecule has 0 radical (unpaired) electrons. The Morgan fingerprint density at radius 3 is 1.64 bits per heavy atom. The zero-order chi connectivity index (χ0) is 9.12. The van der Waals surface area contributed by atoms with Crippen molar-refractivity contribution in [3.63, 3.8) is 0 Å². The van der Waals surface area contributed by atoms with Gasteiger partial charge < -0.3 is 5.32 Å². The quantitative estimate of drug-likeness (QED) is 0.664. The largest absolute Gasteiger partial charge is 0.315 e. The molecule has 0 saturated carbocycles. The lowest BCUT2D eigenvalue weighted by atomic mass is 9.85. The Morgan fingerprint density at radius 1 is 0.909 bits per heavy atom. The molecule has 0 bridgehead atoms. The van der Waals surface area contributed by atoms with Crippen LogP contribution in [-0.2, 0) is 0 Å². The molecule has 68 valence electrons. The molecule has 0 unspecified atom stereocenters. The number of hydrogen-bond acceptors (Lipinski definition) is 1. The third-order valence-electron chi connectivity index (χ3n) is 2.18. The van der Waals surface area contributed by atoms with Gasteiger partial charge in [-0.05, 0) is 39.2 Å². The van der Waals surface area contributed by atoms with E-state index in [2.05, 4.69) is 39.9 Å². The van der Waals surface area contributed by atoms with Gasteiger partial charge in [0.2, 0.25) is 0 Å². The molecule has 0 heterocycles. The Labute approximate surface area is 71.6 Å². The van der Waals surface area contributed by atoms with E-state index in [1.54, 1.807) is 0 Å². The van der Waals surface area contributed by atoms with E-state index < -0.39 is 0 Å². The maximum Gasteiger partial charge on any atom is 0.0122 e. The third kappa shape index (κ3) is 6.36. The van der Waals surface area contributed by atoms with E-state index in [-0.39, 0.29) is 0 Å². The highest BCUT2D eigenvalue weighted by atomic mass is 14.9. The minimum Gasteiger partial charge on any atom is -0.315 e. The molecule has 0 aromatic carbocycles. The Bertz CT molecular complexity index is 109. The first kappa shape index (κ1) is 11.0. The van der Waals surface area contributed by atoms with Gasteiger partial charge in [0.25, 0.3) is 0 Å². The Morgan fingerprint density at radius 2 is 1.36 bits per heavy atom. The summed E-state index contributed by atoms with van der Waals surface area (Å²) in [4.78, 5) is 0. The van der Waals surface area contributed by atoms with Gasteiger partial charge in [0, 0.05) is 5.54 Å². The normalized spacial score (nSPS) is 13.6. The molecule has 1 heteroatoms. The summed E-state index contributed by atoms with van der Waals surface area (Å²) in [6.07, 6.45) is 2.52. The van der Waals surface area contributed by atoms with Gasteiger partial charge in [-0.3, -0.25) is 0 Å². The fourth-order valence-corrected chi connectivity index (χ4v) is 0.812. The molecular formula is C10H23N. The highest BCUT2D eigenvalue weighted by molar-refractivity contribution is 4.77. The fourth-order valence-electron chi connectivity index (χ4n) is 0.812. The van der Waals surface area contributed by atoms with Crippen molar-refractivity contribution in [2.75, 3.05) is 7.05 Å². The molecule has 0 rings (SSSR count). The van der Waals surface area contributed by atoms with Gasteiger partial charge in [0.05, 0.1) is 0 Å². The van der Waals surface area contributed by atoms with E-state index >= 15 is 0 Å². The summed E-state index contributed by atoms with van der Waals surface area (Å²) >= 11 is 0. The van der Waals surface area contributed by atoms with Crippen LogP contribution in [0, 0.1) is 5.41 Å². The second kappa shape index (κ2) is 3.57. The molecule has 1 N–H and O–H groups in total. The van der Waals surface area contributed by atoms with Gasteiger partial charge in [-0.1, -0.05) is 20.8 Å². The Hall–Kier alpha value is -0.0400. The second-order valence-electron chi connectivity index (χ2n) is 5.19. The van der Waals surface area contributed by atoms with Crippen LogP contribution < -0.4 is 5.32 Å². The van der Waals surface area contributed by atoms with E-state index in [1.165, 1.54) is 12.8 Å². The predicted molar refractivity (Wildman–Crippen MR) is 51.8 cm³/mol. The van der Waals surface area contributed by atoms with Gasteiger partial charge in [0.1, 0.15) is 0 Å². The molecule has 0 aliphatic rings. The van der Waals surface area contributed by atoms with E-state index in [0.29, 0.717) is 11.0 Å². The second-order valence-corrected chi connectivity index (χ2v) is 5.19. The summed E-state index contributed by atoms with van der Waals surface area (Å²) in [6.45, 7) is 11.4. The molecule has 1 nitrogen and oxygen atoms in total. The average Bonchev–Trinajstić information content (AvgIpc) is 1.83. The molecule has 0 aliphatic heterocycles. The first-order valence-corrected chi connectivity index (χ1v) is 4.46. The van der Waals surface area contributed by atoms with Gasteiger partial charge in [-0.25, -0.2) is 0 Å². The van der Waals surface area contributed by atoms with Crippen molar-refractivity contribution in [1.29, 1.82) is 0 Å². The zero-order valence-electron chi connectivity index (χ0n) is 8.91. The van der Waals surface area contributed by atoms with Gasteiger partial charge in [-0.15, -0.1) is 0 Å². The van der Waals surface area contributed by atoms with Crippen LogP contribution in [0.5, 0.6) is 0 Å². The summed E-state index contributed by atoms with van der Waals surface area (Å²) in [5, 5.41) is 3.31. The minimum absolute atomic E-state index is 0.299. The summed E-state index contributed by atoms with van der Waals surface area (Å²) in [7, 11) is 2.03. The first-order chi connectivity index (χ1) is 4.77. The molecule has 0 fully saturated rings. The molecule has 0 amide bonds. The van der Waals surface area contributed by atoms with Crippen molar-refractivity contribution in [1.82, 2.24) is 5.32 Å². The maximum absolute atomic E-state index is 3.31. The molecule has 0 aromatic rings. The highest BCUT2D eigenvalue weighted by Crippen LogP contribution is 2.24. The standard InChI is InChI=1S/C10H23N/c1-9(2,3)7-8-10(4,5)11-6/h11H,7-8H2,1-6H3. The van der Waals surface area contributed by atoms with Crippen LogP contribution >= 0.6 is 0 Å². The maximum atomic E-state index is 3.31. The predicted octanol–water partition coefficient (Wildman–Crippen LogP) is 2.81. The molecule has 11 heavy (non-hydrogen) atoms. The van der Waals surface area contributed by atoms with Crippen LogP contribution in [0.15, 0.2) is 0 Å². The van der Waals surface area contributed by atoms with Crippen LogP contribution in [0.2, 0.25) is 0 Å². The molecule has 0 aliphatic carbocycles. The zero-order valence-corrected chi connectivity index (χ0v) is 8.91. The SMILES string of the molecule is CNC(C)(C)CCC(C)(C)C. The van der Waals surface area contributed by atoms with Crippen molar-refractivity contribution in [2.45, 2.75) is 53.0 Å². The molecular weight excluding hydrogens is 134 g/mol. The lowest BCUT2D eigenvalue weighted by molar-refractivity contribution is 0.290. The van der Waals surface area contributed by atoms with Gasteiger partial charge in [0.15, 0.2) is 0 Å². The van der Waals surface area contributed by atoms with Gasteiger partial charge in [-0.2, -0.15) is 0 Å². The monoisotopic (exact) mass is 157 g/mol. The van der Waals surface area contributed by atoms with Crippen LogP contribution in [0.4, 0.5) is 0 Å².